The molecule has 0 spiro atoms. The highest BCUT2D eigenvalue weighted by Crippen LogP contribution is 2.34. The first-order chi connectivity index (χ1) is 9.80. The van der Waals surface area contributed by atoms with Crippen molar-refractivity contribution in [2.45, 2.75) is 25.0 Å². The standard InChI is InChI=1S/C14H16N2O4S/c1-14(2)13(17)16(21(14,18)19)8-3-9-20-12-6-4-11(10-15)5-7-12/h4-7H,3,8-9H2,1-2H3. The Balaban J connectivity index is 1.81. The third-order valence-electron chi connectivity index (χ3n) is 3.43. The normalized spacial score (nSPS) is 18.7. The first-order valence-corrected chi connectivity index (χ1v) is 7.94. The lowest BCUT2D eigenvalue weighted by atomic mass is 10.2. The summed E-state index contributed by atoms with van der Waals surface area (Å²) in [7, 11) is -3.51. The number of sulfonamides is 1. The molecule has 6 nitrogen and oxygen atoms in total. The molecule has 0 bridgehead atoms. The lowest BCUT2D eigenvalue weighted by Crippen LogP contribution is -2.67. The third-order valence-corrected chi connectivity index (χ3v) is 5.83. The number of carbonyl (C=O) groups excluding carboxylic acids is 1. The van der Waals surface area contributed by atoms with Crippen LogP contribution in [0.25, 0.3) is 0 Å². The third kappa shape index (κ3) is 2.59. The van der Waals surface area contributed by atoms with E-state index in [1.807, 2.05) is 6.07 Å². The van der Waals surface area contributed by atoms with Crippen molar-refractivity contribution in [1.82, 2.24) is 4.31 Å². The topological polar surface area (TPSA) is 87.5 Å². The van der Waals surface area contributed by atoms with Gasteiger partial charge in [-0.3, -0.25) is 4.79 Å². The molecule has 1 aromatic carbocycles. The van der Waals surface area contributed by atoms with E-state index in [2.05, 4.69) is 0 Å². The summed E-state index contributed by atoms with van der Waals surface area (Å²) in [4.78, 5) is 11.7. The lowest BCUT2D eigenvalue weighted by molar-refractivity contribution is -0.132. The summed E-state index contributed by atoms with van der Waals surface area (Å²) < 4.78 is 28.7. The summed E-state index contributed by atoms with van der Waals surface area (Å²) >= 11 is 0. The number of carbonyl (C=O) groups is 1. The fourth-order valence-corrected chi connectivity index (χ4v) is 3.57. The zero-order valence-corrected chi connectivity index (χ0v) is 12.7. The Hall–Kier alpha value is -2.07. The van der Waals surface area contributed by atoms with E-state index >= 15 is 0 Å². The number of hydrogen-bond donors (Lipinski definition) is 0. The predicted octanol–water partition coefficient (Wildman–Crippen LogP) is 1.28. The molecule has 0 atom stereocenters. The number of ether oxygens (including phenoxy) is 1. The van der Waals surface area contributed by atoms with E-state index in [9.17, 15) is 13.2 Å². The van der Waals surface area contributed by atoms with Crippen LogP contribution >= 0.6 is 0 Å². The Kier molecular flexibility index (Phi) is 3.92. The number of nitriles is 1. The smallest absolute Gasteiger partial charge is 0.258 e. The van der Waals surface area contributed by atoms with Gasteiger partial charge >= 0.3 is 0 Å². The van der Waals surface area contributed by atoms with Gasteiger partial charge in [0, 0.05) is 13.0 Å². The van der Waals surface area contributed by atoms with Gasteiger partial charge in [0.25, 0.3) is 15.9 Å². The first-order valence-electron chi connectivity index (χ1n) is 6.50. The second-order valence-electron chi connectivity index (χ2n) is 5.23. The van der Waals surface area contributed by atoms with E-state index in [1.54, 1.807) is 24.3 Å². The van der Waals surface area contributed by atoms with Gasteiger partial charge < -0.3 is 4.74 Å². The molecule has 1 aliphatic rings. The molecule has 0 aromatic heterocycles. The molecule has 1 aliphatic heterocycles. The summed E-state index contributed by atoms with van der Waals surface area (Å²) in [5.74, 6) is 0.230. The van der Waals surface area contributed by atoms with Gasteiger partial charge in [-0.25, -0.2) is 12.7 Å². The fraction of sp³-hybridized carbons (Fsp3) is 0.429. The summed E-state index contributed by atoms with van der Waals surface area (Å²) in [5.41, 5.74) is 0.543. The van der Waals surface area contributed by atoms with Crippen molar-refractivity contribution < 1.29 is 17.9 Å². The Morgan fingerprint density at radius 1 is 1.29 bits per heavy atom. The molecule has 112 valence electrons. The van der Waals surface area contributed by atoms with E-state index < -0.39 is 14.8 Å². The molecule has 1 fully saturated rings. The molecule has 0 aliphatic carbocycles. The first kappa shape index (κ1) is 15.3. The van der Waals surface area contributed by atoms with Crippen LogP contribution in [0.2, 0.25) is 0 Å². The Morgan fingerprint density at radius 2 is 1.90 bits per heavy atom. The van der Waals surface area contributed by atoms with Crippen molar-refractivity contribution in [3.63, 3.8) is 0 Å². The van der Waals surface area contributed by atoms with Crippen molar-refractivity contribution in [2.75, 3.05) is 13.2 Å². The van der Waals surface area contributed by atoms with Crippen molar-refractivity contribution in [2.24, 2.45) is 0 Å². The highest BCUT2D eigenvalue weighted by Gasteiger charge is 2.59. The van der Waals surface area contributed by atoms with E-state index in [-0.39, 0.29) is 12.5 Å². The number of nitrogens with zero attached hydrogens (tertiary/aromatic N) is 2. The van der Waals surface area contributed by atoms with Gasteiger partial charge in [-0.05, 0) is 38.1 Å². The molecule has 1 heterocycles. The van der Waals surface area contributed by atoms with Gasteiger partial charge in [0.2, 0.25) is 0 Å². The minimum Gasteiger partial charge on any atom is -0.494 e. The van der Waals surface area contributed by atoms with Crippen LogP contribution in [0.5, 0.6) is 5.75 Å². The number of benzene rings is 1. The summed E-state index contributed by atoms with van der Waals surface area (Å²) in [6.45, 7) is 3.25. The second-order valence-corrected chi connectivity index (χ2v) is 7.64. The average molecular weight is 308 g/mol. The van der Waals surface area contributed by atoms with Gasteiger partial charge in [0.1, 0.15) is 5.75 Å². The molecule has 1 amide bonds. The molecule has 7 heteroatoms. The van der Waals surface area contributed by atoms with Crippen LogP contribution in [0, 0.1) is 11.3 Å². The van der Waals surface area contributed by atoms with Crippen LogP contribution in [0.4, 0.5) is 0 Å². The Bertz CT molecular complexity index is 687. The zero-order chi connectivity index (χ0) is 15.7. The molecular weight excluding hydrogens is 292 g/mol. The number of amides is 1. The van der Waals surface area contributed by atoms with Crippen LogP contribution in [-0.4, -0.2) is 36.5 Å². The van der Waals surface area contributed by atoms with Crippen LogP contribution < -0.4 is 4.74 Å². The molecule has 2 rings (SSSR count). The summed E-state index contributed by atoms with van der Waals surface area (Å²) in [6, 6.07) is 8.63. The monoisotopic (exact) mass is 308 g/mol. The van der Waals surface area contributed by atoms with Crippen molar-refractivity contribution >= 4 is 15.9 Å². The van der Waals surface area contributed by atoms with Crippen LogP contribution in [0.1, 0.15) is 25.8 Å². The Morgan fingerprint density at radius 3 is 2.43 bits per heavy atom. The largest absolute Gasteiger partial charge is 0.494 e. The van der Waals surface area contributed by atoms with Gasteiger partial charge in [0.15, 0.2) is 4.75 Å². The number of rotatable bonds is 5. The van der Waals surface area contributed by atoms with Crippen LogP contribution in [0.15, 0.2) is 24.3 Å². The van der Waals surface area contributed by atoms with Crippen molar-refractivity contribution in [3.05, 3.63) is 29.8 Å². The summed E-state index contributed by atoms with van der Waals surface area (Å²) in [6.07, 6.45) is 0.418. The molecule has 0 radical (unpaired) electrons. The fourth-order valence-electron chi connectivity index (χ4n) is 2.00. The van der Waals surface area contributed by atoms with Crippen LogP contribution in [0.3, 0.4) is 0 Å². The maximum atomic E-state index is 11.8. The van der Waals surface area contributed by atoms with Gasteiger partial charge in [-0.1, -0.05) is 0 Å². The van der Waals surface area contributed by atoms with Crippen LogP contribution in [-0.2, 0) is 14.8 Å². The van der Waals surface area contributed by atoms with E-state index in [0.717, 1.165) is 4.31 Å². The zero-order valence-electron chi connectivity index (χ0n) is 11.9. The second kappa shape index (κ2) is 5.37. The summed E-state index contributed by atoms with van der Waals surface area (Å²) in [5, 5.41) is 8.67. The molecule has 0 unspecified atom stereocenters. The van der Waals surface area contributed by atoms with Gasteiger partial charge in [-0.15, -0.1) is 0 Å². The minimum atomic E-state index is -3.51. The predicted molar refractivity (Wildman–Crippen MR) is 76.0 cm³/mol. The maximum absolute atomic E-state index is 11.8. The highest BCUT2D eigenvalue weighted by atomic mass is 32.2. The number of hydrogen-bond acceptors (Lipinski definition) is 5. The van der Waals surface area contributed by atoms with Crippen molar-refractivity contribution in [3.8, 4) is 11.8 Å². The molecule has 1 saturated heterocycles. The maximum Gasteiger partial charge on any atom is 0.258 e. The molecule has 21 heavy (non-hydrogen) atoms. The minimum absolute atomic E-state index is 0.126. The lowest BCUT2D eigenvalue weighted by Gasteiger charge is -2.43. The van der Waals surface area contributed by atoms with E-state index in [1.165, 1.54) is 13.8 Å². The van der Waals surface area contributed by atoms with E-state index in [4.69, 9.17) is 10.00 Å². The molecule has 0 saturated carbocycles. The quantitative estimate of drug-likeness (QED) is 0.765. The van der Waals surface area contributed by atoms with Crippen molar-refractivity contribution in [1.29, 1.82) is 5.26 Å². The molecule has 0 N–H and O–H groups in total. The molecular formula is C14H16N2O4S. The van der Waals surface area contributed by atoms with Gasteiger partial charge in [0.05, 0.1) is 18.2 Å². The SMILES string of the molecule is CC1(C)C(=O)N(CCCOc2ccc(C#N)cc2)S1(=O)=O. The van der Waals surface area contributed by atoms with Gasteiger partial charge in [-0.2, -0.15) is 5.26 Å². The Labute approximate surface area is 124 Å². The molecule has 1 aromatic rings. The van der Waals surface area contributed by atoms with E-state index in [0.29, 0.717) is 24.3 Å². The average Bonchev–Trinajstić information content (AvgIpc) is 2.46. The highest BCUT2D eigenvalue weighted by molar-refractivity contribution is 7.94.